The van der Waals surface area contributed by atoms with Crippen LogP contribution in [0.25, 0.3) is 0 Å². The summed E-state index contributed by atoms with van der Waals surface area (Å²) in [7, 11) is 3.12. The van der Waals surface area contributed by atoms with E-state index in [2.05, 4.69) is 17.9 Å². The molecule has 0 heterocycles. The molecule has 0 saturated heterocycles. The number of nitrogens with two attached hydrogens (primary N) is 1. The summed E-state index contributed by atoms with van der Waals surface area (Å²) in [6, 6.07) is 5.15. The predicted octanol–water partition coefficient (Wildman–Crippen LogP) is 1.68. The topological polar surface area (TPSA) is 73.6 Å². The second-order valence-corrected chi connectivity index (χ2v) is 4.50. The minimum absolute atomic E-state index is 0.0612. The second kappa shape index (κ2) is 7.91. The smallest absolute Gasteiger partial charge is 0.224 e. The molecule has 1 amide bonds. The highest BCUT2D eigenvalue weighted by atomic mass is 32.1. The van der Waals surface area contributed by atoms with E-state index < -0.39 is 0 Å². The van der Waals surface area contributed by atoms with Gasteiger partial charge in [0.25, 0.3) is 0 Å². The van der Waals surface area contributed by atoms with E-state index in [0.717, 1.165) is 0 Å². The largest absolute Gasteiger partial charge is 0.497 e. The summed E-state index contributed by atoms with van der Waals surface area (Å²) in [5, 5.41) is 2.79. The van der Waals surface area contributed by atoms with Gasteiger partial charge in [-0.2, -0.15) is 12.6 Å². The molecular weight excluding hydrogens is 264 g/mol. The molecule has 0 bridgehead atoms. The lowest BCUT2D eigenvalue weighted by molar-refractivity contribution is -0.116. The minimum atomic E-state index is -0.0902. The lowest BCUT2D eigenvalue weighted by atomic mass is 10.2. The number of carbonyl (C=O) groups is 1. The van der Waals surface area contributed by atoms with Crippen molar-refractivity contribution in [1.82, 2.24) is 0 Å². The summed E-state index contributed by atoms with van der Waals surface area (Å²) in [6.45, 7) is 0. The number of rotatable bonds is 7. The van der Waals surface area contributed by atoms with Crippen LogP contribution in [0.4, 0.5) is 5.69 Å². The van der Waals surface area contributed by atoms with Gasteiger partial charge in [0.15, 0.2) is 0 Å². The Morgan fingerprint density at radius 3 is 2.37 bits per heavy atom. The molecule has 0 fully saturated rings. The number of hydrogen-bond acceptors (Lipinski definition) is 5. The van der Waals surface area contributed by atoms with E-state index in [0.29, 0.717) is 35.8 Å². The van der Waals surface area contributed by atoms with Crippen molar-refractivity contribution in [2.75, 3.05) is 25.3 Å². The van der Waals surface area contributed by atoms with Crippen molar-refractivity contribution in [3.63, 3.8) is 0 Å². The Labute approximate surface area is 118 Å². The van der Waals surface area contributed by atoms with E-state index in [4.69, 9.17) is 15.2 Å². The number of ether oxygens (including phenoxy) is 2. The maximum Gasteiger partial charge on any atom is 0.224 e. The summed E-state index contributed by atoms with van der Waals surface area (Å²) >= 11 is 4.08. The Balaban J connectivity index is 2.62. The number of nitrogens with one attached hydrogen (secondary N) is 1. The van der Waals surface area contributed by atoms with Crippen LogP contribution in [0, 0.1) is 0 Å². The molecule has 1 aromatic carbocycles. The van der Waals surface area contributed by atoms with Gasteiger partial charge in [0.1, 0.15) is 11.5 Å². The maximum absolute atomic E-state index is 11.8. The molecule has 1 atom stereocenters. The third kappa shape index (κ3) is 5.40. The van der Waals surface area contributed by atoms with Crippen LogP contribution in [0.3, 0.4) is 0 Å². The van der Waals surface area contributed by atoms with Gasteiger partial charge in [-0.05, 0) is 6.42 Å². The fourth-order valence-electron chi connectivity index (χ4n) is 1.51. The highest BCUT2D eigenvalue weighted by Gasteiger charge is 2.08. The van der Waals surface area contributed by atoms with Crippen LogP contribution in [-0.2, 0) is 4.79 Å². The Hall–Kier alpha value is -1.40. The molecule has 19 heavy (non-hydrogen) atoms. The Morgan fingerprint density at radius 1 is 1.32 bits per heavy atom. The summed E-state index contributed by atoms with van der Waals surface area (Å²) in [5.41, 5.74) is 6.35. The molecular formula is C13H20N2O3S. The number of carbonyl (C=O) groups excluding carboxylic acids is 1. The molecule has 0 aliphatic rings. The predicted molar refractivity (Wildman–Crippen MR) is 79.2 cm³/mol. The first-order valence-electron chi connectivity index (χ1n) is 5.98. The van der Waals surface area contributed by atoms with Gasteiger partial charge in [0.05, 0.1) is 14.2 Å². The van der Waals surface area contributed by atoms with Crippen LogP contribution < -0.4 is 20.5 Å². The van der Waals surface area contributed by atoms with Crippen molar-refractivity contribution < 1.29 is 14.3 Å². The molecule has 1 rings (SSSR count). The molecule has 6 heteroatoms. The minimum Gasteiger partial charge on any atom is -0.497 e. The lowest BCUT2D eigenvalue weighted by Gasteiger charge is -2.11. The fraction of sp³-hybridized carbons (Fsp3) is 0.462. The fourth-order valence-corrected chi connectivity index (χ4v) is 1.69. The zero-order valence-electron chi connectivity index (χ0n) is 11.2. The van der Waals surface area contributed by atoms with E-state index in [-0.39, 0.29) is 11.9 Å². The molecule has 106 valence electrons. The normalized spacial score (nSPS) is 11.8. The van der Waals surface area contributed by atoms with Crippen molar-refractivity contribution >= 4 is 24.2 Å². The number of benzene rings is 1. The summed E-state index contributed by atoms with van der Waals surface area (Å²) < 4.78 is 10.3. The Morgan fingerprint density at radius 2 is 1.89 bits per heavy atom. The van der Waals surface area contributed by atoms with Gasteiger partial charge in [-0.15, -0.1) is 0 Å². The van der Waals surface area contributed by atoms with Crippen molar-refractivity contribution in [1.29, 1.82) is 0 Å². The standard InChI is InChI=1S/C13H20N2O3S/c1-17-11-5-10(6-12(7-11)18-2)15-13(16)4-3-9(14)8-19/h5-7,9,19H,3-4,8,14H2,1-2H3,(H,15,16)/t9-/m1/s1. The maximum atomic E-state index is 11.8. The quantitative estimate of drug-likeness (QED) is 0.666. The molecule has 0 unspecified atom stereocenters. The van der Waals surface area contributed by atoms with Crippen LogP contribution in [0.15, 0.2) is 18.2 Å². The highest BCUT2D eigenvalue weighted by molar-refractivity contribution is 7.80. The molecule has 0 saturated carbocycles. The Bertz CT molecular complexity index is 404. The van der Waals surface area contributed by atoms with E-state index in [9.17, 15) is 4.79 Å². The molecule has 0 aliphatic carbocycles. The summed E-state index contributed by atoms with van der Waals surface area (Å²) in [6.07, 6.45) is 0.970. The van der Waals surface area contributed by atoms with E-state index in [1.165, 1.54) is 0 Å². The van der Waals surface area contributed by atoms with Crippen molar-refractivity contribution in [3.05, 3.63) is 18.2 Å². The van der Waals surface area contributed by atoms with Crippen molar-refractivity contribution in [2.24, 2.45) is 5.73 Å². The zero-order valence-corrected chi connectivity index (χ0v) is 12.1. The number of methoxy groups -OCH3 is 2. The van der Waals surface area contributed by atoms with Crippen LogP contribution in [0.1, 0.15) is 12.8 Å². The van der Waals surface area contributed by atoms with Crippen LogP contribution in [0.5, 0.6) is 11.5 Å². The van der Waals surface area contributed by atoms with Crippen molar-refractivity contribution in [2.45, 2.75) is 18.9 Å². The first kappa shape index (κ1) is 15.7. The van der Waals surface area contributed by atoms with E-state index >= 15 is 0 Å². The highest BCUT2D eigenvalue weighted by Crippen LogP contribution is 2.25. The number of anilines is 1. The van der Waals surface area contributed by atoms with Crippen LogP contribution in [-0.4, -0.2) is 31.9 Å². The van der Waals surface area contributed by atoms with Crippen molar-refractivity contribution in [3.8, 4) is 11.5 Å². The molecule has 1 aromatic rings. The molecule has 5 nitrogen and oxygen atoms in total. The third-order valence-corrected chi connectivity index (χ3v) is 3.08. The lowest BCUT2D eigenvalue weighted by Crippen LogP contribution is -2.24. The van der Waals surface area contributed by atoms with Gasteiger partial charge in [-0.3, -0.25) is 4.79 Å². The van der Waals surface area contributed by atoms with E-state index in [1.807, 2.05) is 0 Å². The van der Waals surface area contributed by atoms with Gasteiger partial charge >= 0.3 is 0 Å². The average Bonchev–Trinajstić information content (AvgIpc) is 2.44. The Kier molecular flexibility index (Phi) is 6.52. The molecule has 3 N–H and O–H groups in total. The van der Waals surface area contributed by atoms with Crippen LogP contribution >= 0.6 is 12.6 Å². The van der Waals surface area contributed by atoms with Gasteiger partial charge in [-0.1, -0.05) is 0 Å². The number of thiol groups is 1. The van der Waals surface area contributed by atoms with E-state index in [1.54, 1.807) is 32.4 Å². The zero-order chi connectivity index (χ0) is 14.3. The van der Waals surface area contributed by atoms with Gasteiger partial charge in [0.2, 0.25) is 5.91 Å². The van der Waals surface area contributed by atoms with Crippen LogP contribution in [0.2, 0.25) is 0 Å². The average molecular weight is 284 g/mol. The second-order valence-electron chi connectivity index (χ2n) is 4.13. The monoisotopic (exact) mass is 284 g/mol. The number of hydrogen-bond donors (Lipinski definition) is 3. The van der Waals surface area contributed by atoms with Gasteiger partial charge < -0.3 is 20.5 Å². The molecule has 0 spiro atoms. The summed E-state index contributed by atoms with van der Waals surface area (Å²) in [5.74, 6) is 1.73. The summed E-state index contributed by atoms with van der Waals surface area (Å²) in [4.78, 5) is 11.8. The molecule has 0 aliphatic heterocycles. The third-order valence-electron chi connectivity index (χ3n) is 2.61. The first-order valence-corrected chi connectivity index (χ1v) is 6.61. The van der Waals surface area contributed by atoms with Gasteiger partial charge in [-0.25, -0.2) is 0 Å². The van der Waals surface area contributed by atoms with Gasteiger partial charge in [0, 0.05) is 42.1 Å². The molecule has 0 aromatic heterocycles. The SMILES string of the molecule is COc1cc(NC(=O)CC[C@@H](N)CS)cc(OC)c1. The molecule has 0 radical (unpaired) electrons. The first-order chi connectivity index (χ1) is 9.08. The number of amides is 1.